The van der Waals surface area contributed by atoms with Crippen LogP contribution >= 0.6 is 0 Å². The summed E-state index contributed by atoms with van der Waals surface area (Å²) >= 11 is 0. The second-order valence-corrected chi connectivity index (χ2v) is 6.76. The molecule has 3 amide bonds. The maximum atomic E-state index is 12.1. The predicted octanol–water partition coefficient (Wildman–Crippen LogP) is 0.872. The molecule has 0 aliphatic rings. The highest BCUT2D eigenvalue weighted by Gasteiger charge is 2.22. The zero-order chi connectivity index (χ0) is 19.0. The summed E-state index contributed by atoms with van der Waals surface area (Å²) in [4.78, 5) is 34.9. The highest BCUT2D eigenvalue weighted by atomic mass is 16.4. The Morgan fingerprint density at radius 1 is 1.20 bits per heavy atom. The molecule has 1 unspecified atom stereocenters. The lowest BCUT2D eigenvalue weighted by molar-refractivity contribution is -0.127. The zero-order valence-corrected chi connectivity index (χ0v) is 14.8. The number of nitrogens with two attached hydrogens (primary N) is 1. The number of rotatable bonds is 8. The van der Waals surface area contributed by atoms with Crippen LogP contribution < -0.4 is 16.5 Å². The highest BCUT2D eigenvalue weighted by Crippen LogP contribution is 2.05. The molecule has 0 bridgehead atoms. The number of benzene rings is 1. The van der Waals surface area contributed by atoms with Crippen molar-refractivity contribution in [2.45, 2.75) is 45.2 Å². The minimum atomic E-state index is -1.18. The van der Waals surface area contributed by atoms with Gasteiger partial charge in [0.2, 0.25) is 11.8 Å². The van der Waals surface area contributed by atoms with E-state index >= 15 is 0 Å². The van der Waals surface area contributed by atoms with Gasteiger partial charge in [-0.25, -0.2) is 15.2 Å². The van der Waals surface area contributed by atoms with Crippen LogP contribution in [0.15, 0.2) is 30.3 Å². The minimum absolute atomic E-state index is 0.0464. The number of nitrogens with one attached hydrogen (secondary N) is 2. The van der Waals surface area contributed by atoms with Crippen molar-refractivity contribution in [3.05, 3.63) is 35.9 Å². The van der Waals surface area contributed by atoms with Gasteiger partial charge in [0.15, 0.2) is 0 Å². The Bertz CT molecular complexity index is 598. The van der Waals surface area contributed by atoms with Crippen LogP contribution in [0.4, 0.5) is 4.79 Å². The average molecular weight is 350 g/mol. The molecule has 0 aliphatic heterocycles. The number of carbonyl (C=O) groups is 3. The van der Waals surface area contributed by atoms with Crippen molar-refractivity contribution in [1.29, 1.82) is 0 Å². The third-order valence-electron chi connectivity index (χ3n) is 3.23. The van der Waals surface area contributed by atoms with Crippen molar-refractivity contribution in [1.82, 2.24) is 15.8 Å². The molecule has 0 aromatic heterocycles. The van der Waals surface area contributed by atoms with Gasteiger partial charge in [0.1, 0.15) is 6.04 Å². The van der Waals surface area contributed by atoms with Gasteiger partial charge >= 0.3 is 6.09 Å². The first-order valence-corrected chi connectivity index (χ1v) is 7.99. The van der Waals surface area contributed by atoms with Gasteiger partial charge in [-0.1, -0.05) is 30.3 Å². The molecule has 0 saturated carbocycles. The summed E-state index contributed by atoms with van der Waals surface area (Å²) in [7, 11) is 0. The summed E-state index contributed by atoms with van der Waals surface area (Å²) in [5.41, 5.74) is 8.55. The second kappa shape index (κ2) is 9.03. The minimum Gasteiger partial charge on any atom is -0.464 e. The predicted molar refractivity (Wildman–Crippen MR) is 93.5 cm³/mol. The molecule has 0 saturated heterocycles. The van der Waals surface area contributed by atoms with Gasteiger partial charge < -0.3 is 16.2 Å². The molecule has 8 heteroatoms. The summed E-state index contributed by atoms with van der Waals surface area (Å²) in [6.07, 6.45) is -0.989. The highest BCUT2D eigenvalue weighted by molar-refractivity contribution is 5.87. The van der Waals surface area contributed by atoms with Crippen LogP contribution in [0.1, 0.15) is 32.8 Å². The number of hydrazine groups is 1. The van der Waals surface area contributed by atoms with E-state index in [9.17, 15) is 19.5 Å². The van der Waals surface area contributed by atoms with Gasteiger partial charge in [-0.3, -0.25) is 9.59 Å². The molecular weight excluding hydrogens is 324 g/mol. The Labute approximate surface area is 147 Å². The Balaban J connectivity index is 2.59. The number of nitrogens with zero attached hydrogens (tertiary/aromatic N) is 1. The Morgan fingerprint density at radius 2 is 1.80 bits per heavy atom. The van der Waals surface area contributed by atoms with Crippen molar-refractivity contribution in [3.8, 4) is 0 Å². The van der Waals surface area contributed by atoms with Crippen LogP contribution in [0.2, 0.25) is 0 Å². The van der Waals surface area contributed by atoms with E-state index in [-0.39, 0.29) is 19.4 Å². The van der Waals surface area contributed by atoms with E-state index in [2.05, 4.69) is 10.7 Å². The molecule has 5 N–H and O–H groups in total. The molecule has 0 heterocycles. The van der Waals surface area contributed by atoms with Crippen LogP contribution in [0, 0.1) is 0 Å². The number of amides is 3. The van der Waals surface area contributed by atoms with Crippen molar-refractivity contribution in [2.75, 3.05) is 6.54 Å². The number of primary amides is 1. The van der Waals surface area contributed by atoms with E-state index in [0.717, 1.165) is 10.6 Å². The quantitative estimate of drug-likeness (QED) is 0.518. The first-order chi connectivity index (χ1) is 11.6. The molecular formula is C17H26N4O4. The fraction of sp³-hybridized carbons (Fsp3) is 0.471. The second-order valence-electron chi connectivity index (χ2n) is 6.76. The van der Waals surface area contributed by atoms with Crippen molar-refractivity contribution in [2.24, 2.45) is 5.73 Å². The molecule has 1 rings (SSSR count). The molecule has 25 heavy (non-hydrogen) atoms. The SMILES string of the molecule is CC(C)(C)NN(CCC(=O)NC(Cc1ccccc1)C(N)=O)C(=O)O. The largest absolute Gasteiger partial charge is 0.464 e. The Morgan fingerprint density at radius 3 is 2.28 bits per heavy atom. The van der Waals surface area contributed by atoms with Crippen LogP contribution in [0.3, 0.4) is 0 Å². The number of hydrogen-bond donors (Lipinski definition) is 4. The summed E-state index contributed by atoms with van der Waals surface area (Å²) < 4.78 is 0. The van der Waals surface area contributed by atoms with Crippen molar-refractivity contribution < 1.29 is 19.5 Å². The number of carboxylic acid groups (broad SMARTS) is 1. The van der Waals surface area contributed by atoms with Gasteiger partial charge in [-0.15, -0.1) is 0 Å². The zero-order valence-electron chi connectivity index (χ0n) is 14.8. The third-order valence-corrected chi connectivity index (χ3v) is 3.23. The van der Waals surface area contributed by atoms with E-state index in [1.165, 1.54) is 0 Å². The van der Waals surface area contributed by atoms with Crippen LogP contribution in [0.25, 0.3) is 0 Å². The van der Waals surface area contributed by atoms with Gasteiger partial charge in [-0.05, 0) is 26.3 Å². The summed E-state index contributed by atoms with van der Waals surface area (Å²) in [5, 5.41) is 12.7. The van der Waals surface area contributed by atoms with E-state index in [1.807, 2.05) is 51.1 Å². The van der Waals surface area contributed by atoms with Gasteiger partial charge in [0.05, 0.1) is 0 Å². The fourth-order valence-corrected chi connectivity index (χ4v) is 2.16. The van der Waals surface area contributed by atoms with Crippen LogP contribution in [-0.4, -0.2) is 46.1 Å². The molecule has 1 aromatic rings. The topological polar surface area (TPSA) is 125 Å². The Hall–Kier alpha value is -2.61. The molecule has 1 atom stereocenters. The van der Waals surface area contributed by atoms with E-state index in [4.69, 9.17) is 5.73 Å². The van der Waals surface area contributed by atoms with E-state index in [1.54, 1.807) is 0 Å². The number of hydrogen-bond acceptors (Lipinski definition) is 4. The third kappa shape index (κ3) is 8.16. The van der Waals surface area contributed by atoms with Crippen molar-refractivity contribution in [3.63, 3.8) is 0 Å². The molecule has 0 radical (unpaired) electrons. The maximum absolute atomic E-state index is 12.1. The molecule has 8 nitrogen and oxygen atoms in total. The standard InChI is InChI=1S/C17H26N4O4/c1-17(2,3)20-21(16(24)25)10-9-14(22)19-13(15(18)23)11-12-7-5-4-6-8-12/h4-8,13,20H,9-11H2,1-3H3,(H2,18,23)(H,19,22)(H,24,25). The van der Waals surface area contributed by atoms with Gasteiger partial charge in [-0.2, -0.15) is 0 Å². The Kier molecular flexibility index (Phi) is 7.38. The monoisotopic (exact) mass is 350 g/mol. The average Bonchev–Trinajstić information content (AvgIpc) is 2.50. The van der Waals surface area contributed by atoms with Gasteiger partial charge in [0.25, 0.3) is 0 Å². The summed E-state index contributed by atoms with van der Waals surface area (Å²) in [6.45, 7) is 5.39. The fourth-order valence-electron chi connectivity index (χ4n) is 2.16. The van der Waals surface area contributed by atoms with E-state index < -0.39 is 29.5 Å². The smallest absolute Gasteiger partial charge is 0.421 e. The van der Waals surface area contributed by atoms with Crippen molar-refractivity contribution >= 4 is 17.9 Å². The first kappa shape index (κ1) is 20.4. The first-order valence-electron chi connectivity index (χ1n) is 7.99. The van der Waals surface area contributed by atoms with Crippen LogP contribution in [-0.2, 0) is 16.0 Å². The van der Waals surface area contributed by atoms with Crippen LogP contribution in [0.5, 0.6) is 0 Å². The van der Waals surface area contributed by atoms with Gasteiger partial charge in [0, 0.05) is 24.9 Å². The molecule has 138 valence electrons. The normalized spacial score (nSPS) is 12.3. The summed E-state index contributed by atoms with van der Waals surface area (Å²) in [5.74, 6) is -1.08. The molecule has 0 aliphatic carbocycles. The molecule has 0 spiro atoms. The molecule has 1 aromatic carbocycles. The number of carbonyl (C=O) groups excluding carboxylic acids is 2. The van der Waals surface area contributed by atoms with E-state index in [0.29, 0.717) is 0 Å². The lowest BCUT2D eigenvalue weighted by atomic mass is 10.1. The maximum Gasteiger partial charge on any atom is 0.421 e. The lowest BCUT2D eigenvalue weighted by Gasteiger charge is -2.29. The summed E-state index contributed by atoms with van der Waals surface area (Å²) in [6, 6.07) is 8.34. The lowest BCUT2D eigenvalue weighted by Crippen LogP contribution is -2.53. The molecule has 0 fully saturated rings.